The smallest absolute Gasteiger partial charge is 0.242 e. The molecule has 0 spiro atoms. The van der Waals surface area contributed by atoms with Crippen LogP contribution in [0.4, 0.5) is 0 Å². The van der Waals surface area contributed by atoms with E-state index in [0.29, 0.717) is 38.6 Å². The summed E-state index contributed by atoms with van der Waals surface area (Å²) >= 11 is 0. The van der Waals surface area contributed by atoms with Crippen LogP contribution in [0, 0.1) is 5.92 Å². The number of ether oxygens (including phenoxy) is 1. The summed E-state index contributed by atoms with van der Waals surface area (Å²) < 4.78 is 7.17. The van der Waals surface area contributed by atoms with E-state index in [4.69, 9.17) is 4.74 Å². The van der Waals surface area contributed by atoms with Crippen LogP contribution in [0.3, 0.4) is 0 Å². The molecular weight excluding hydrogens is 330 g/mol. The van der Waals surface area contributed by atoms with E-state index in [0.717, 1.165) is 18.5 Å². The van der Waals surface area contributed by atoms with Gasteiger partial charge in [-0.3, -0.25) is 9.59 Å². The van der Waals surface area contributed by atoms with Gasteiger partial charge in [-0.05, 0) is 24.5 Å². The van der Waals surface area contributed by atoms with Gasteiger partial charge in [0.2, 0.25) is 11.8 Å². The maximum Gasteiger partial charge on any atom is 0.242 e. The first-order valence-electron chi connectivity index (χ1n) is 9.53. The zero-order chi connectivity index (χ0) is 19.5. The van der Waals surface area contributed by atoms with Gasteiger partial charge in [0.25, 0.3) is 0 Å². The molecule has 0 aromatic carbocycles. The van der Waals surface area contributed by atoms with E-state index in [9.17, 15) is 9.59 Å². The molecule has 0 aliphatic carbocycles. The standard InChI is InChI=1S/C20H35N3O3/c1-6-7-10-19(24)23(14-17(2)3)16-20(25)22(12-13-26-5)15-18-9-8-11-21(18)4/h8-9,11,17H,6-7,10,12-16H2,1-5H3. The van der Waals surface area contributed by atoms with Crippen LogP contribution < -0.4 is 0 Å². The Hall–Kier alpha value is -1.82. The van der Waals surface area contributed by atoms with Crippen LogP contribution in [0.2, 0.25) is 0 Å². The van der Waals surface area contributed by atoms with E-state index in [-0.39, 0.29) is 18.4 Å². The van der Waals surface area contributed by atoms with Gasteiger partial charge in [0.1, 0.15) is 0 Å². The van der Waals surface area contributed by atoms with E-state index < -0.39 is 0 Å². The van der Waals surface area contributed by atoms with Gasteiger partial charge in [-0.25, -0.2) is 0 Å². The minimum absolute atomic E-state index is 0.0336. The molecule has 2 amide bonds. The molecule has 0 aliphatic heterocycles. The average molecular weight is 366 g/mol. The molecule has 1 heterocycles. The fraction of sp³-hybridized carbons (Fsp3) is 0.700. The van der Waals surface area contributed by atoms with Crippen molar-refractivity contribution in [3.8, 4) is 0 Å². The fourth-order valence-corrected chi connectivity index (χ4v) is 2.79. The molecule has 0 atom stereocenters. The molecule has 148 valence electrons. The quantitative estimate of drug-likeness (QED) is 0.572. The highest BCUT2D eigenvalue weighted by molar-refractivity contribution is 5.84. The molecule has 0 unspecified atom stereocenters. The van der Waals surface area contributed by atoms with Crippen molar-refractivity contribution in [1.82, 2.24) is 14.4 Å². The maximum absolute atomic E-state index is 12.9. The van der Waals surface area contributed by atoms with E-state index in [1.165, 1.54) is 0 Å². The lowest BCUT2D eigenvalue weighted by atomic mass is 10.1. The van der Waals surface area contributed by atoms with Crippen LogP contribution >= 0.6 is 0 Å². The number of rotatable bonds is 12. The lowest BCUT2D eigenvalue weighted by molar-refractivity contribution is -0.141. The van der Waals surface area contributed by atoms with Crippen molar-refractivity contribution in [1.29, 1.82) is 0 Å². The molecule has 1 aromatic heterocycles. The molecule has 0 saturated carbocycles. The number of aromatic nitrogens is 1. The molecule has 0 radical (unpaired) electrons. The van der Waals surface area contributed by atoms with E-state index in [2.05, 4.69) is 20.8 Å². The fourth-order valence-electron chi connectivity index (χ4n) is 2.79. The monoisotopic (exact) mass is 365 g/mol. The minimum Gasteiger partial charge on any atom is -0.383 e. The van der Waals surface area contributed by atoms with Crippen LogP contribution in [0.1, 0.15) is 45.7 Å². The third-order valence-electron chi connectivity index (χ3n) is 4.33. The Bertz CT molecular complexity index is 554. The molecule has 26 heavy (non-hydrogen) atoms. The Morgan fingerprint density at radius 1 is 1.23 bits per heavy atom. The van der Waals surface area contributed by atoms with Crippen LogP contribution in [0.25, 0.3) is 0 Å². The third kappa shape index (κ3) is 7.60. The summed E-state index contributed by atoms with van der Waals surface area (Å²) in [5.74, 6) is 0.363. The maximum atomic E-state index is 12.9. The van der Waals surface area contributed by atoms with Crippen molar-refractivity contribution < 1.29 is 14.3 Å². The molecular formula is C20H35N3O3. The molecule has 0 bridgehead atoms. The highest BCUT2D eigenvalue weighted by atomic mass is 16.5. The van der Waals surface area contributed by atoms with Crippen molar-refractivity contribution in [2.24, 2.45) is 13.0 Å². The highest BCUT2D eigenvalue weighted by Crippen LogP contribution is 2.09. The van der Waals surface area contributed by atoms with Gasteiger partial charge in [0.05, 0.1) is 19.7 Å². The number of nitrogens with zero attached hydrogens (tertiary/aromatic N) is 3. The number of carbonyl (C=O) groups is 2. The van der Waals surface area contributed by atoms with Crippen LogP contribution in [0.5, 0.6) is 0 Å². The zero-order valence-electron chi connectivity index (χ0n) is 17.0. The van der Waals surface area contributed by atoms with E-state index in [1.807, 2.05) is 29.9 Å². The zero-order valence-corrected chi connectivity index (χ0v) is 17.0. The first-order chi connectivity index (χ1) is 12.4. The Morgan fingerprint density at radius 2 is 1.96 bits per heavy atom. The number of carbonyl (C=O) groups excluding carboxylic acids is 2. The summed E-state index contributed by atoms with van der Waals surface area (Å²) in [5, 5.41) is 0. The Balaban J connectivity index is 2.81. The number of amides is 2. The van der Waals surface area contributed by atoms with Gasteiger partial charge in [-0.2, -0.15) is 0 Å². The SMILES string of the molecule is CCCCC(=O)N(CC(=O)N(CCOC)Cc1cccn1C)CC(C)C. The summed E-state index contributed by atoms with van der Waals surface area (Å²) in [7, 11) is 3.60. The van der Waals surface area contributed by atoms with Crippen molar-refractivity contribution >= 4 is 11.8 Å². The van der Waals surface area contributed by atoms with Gasteiger partial charge in [-0.15, -0.1) is 0 Å². The lowest BCUT2D eigenvalue weighted by Gasteiger charge is -2.29. The molecule has 0 aliphatic rings. The van der Waals surface area contributed by atoms with Crippen molar-refractivity contribution in [3.05, 3.63) is 24.0 Å². The molecule has 0 N–H and O–H groups in total. The summed E-state index contributed by atoms with van der Waals surface area (Å²) in [5.41, 5.74) is 1.06. The molecule has 1 aromatic rings. The van der Waals surface area contributed by atoms with Crippen molar-refractivity contribution in [2.45, 2.75) is 46.6 Å². The predicted octanol–water partition coefficient (Wildman–Crippen LogP) is 2.67. The lowest BCUT2D eigenvalue weighted by Crippen LogP contribution is -2.45. The molecule has 1 rings (SSSR count). The second-order valence-corrected chi connectivity index (χ2v) is 7.19. The first-order valence-corrected chi connectivity index (χ1v) is 9.53. The van der Waals surface area contributed by atoms with Gasteiger partial charge in [-0.1, -0.05) is 27.2 Å². The highest BCUT2D eigenvalue weighted by Gasteiger charge is 2.22. The molecule has 6 nitrogen and oxygen atoms in total. The molecule has 0 fully saturated rings. The van der Waals surface area contributed by atoms with Crippen molar-refractivity contribution in [3.63, 3.8) is 0 Å². The van der Waals surface area contributed by atoms with E-state index >= 15 is 0 Å². The van der Waals surface area contributed by atoms with Crippen LogP contribution in [-0.4, -0.2) is 59.5 Å². The molecule has 0 saturated heterocycles. The number of hydrogen-bond acceptors (Lipinski definition) is 3. The average Bonchev–Trinajstić information content (AvgIpc) is 3.00. The summed E-state index contributed by atoms with van der Waals surface area (Å²) in [6.45, 7) is 8.45. The third-order valence-corrected chi connectivity index (χ3v) is 4.33. The Morgan fingerprint density at radius 3 is 2.50 bits per heavy atom. The predicted molar refractivity (Wildman–Crippen MR) is 104 cm³/mol. The van der Waals surface area contributed by atoms with Gasteiger partial charge >= 0.3 is 0 Å². The summed E-state index contributed by atoms with van der Waals surface area (Å²) in [4.78, 5) is 28.9. The number of methoxy groups -OCH3 is 1. The van der Waals surface area contributed by atoms with E-state index in [1.54, 1.807) is 16.9 Å². The Labute approximate surface area is 158 Å². The number of hydrogen-bond donors (Lipinski definition) is 0. The topological polar surface area (TPSA) is 54.8 Å². The minimum atomic E-state index is -0.0336. The largest absolute Gasteiger partial charge is 0.383 e. The summed E-state index contributed by atoms with van der Waals surface area (Å²) in [6.07, 6.45) is 4.31. The number of unbranched alkanes of at least 4 members (excludes halogenated alkanes) is 1. The second-order valence-electron chi connectivity index (χ2n) is 7.19. The second kappa shape index (κ2) is 11.7. The van der Waals surface area contributed by atoms with Crippen molar-refractivity contribution in [2.75, 3.05) is 33.4 Å². The Kier molecular flexibility index (Phi) is 10.0. The number of aryl methyl sites for hydroxylation is 1. The first kappa shape index (κ1) is 22.2. The molecule has 6 heteroatoms. The van der Waals surface area contributed by atoms with Gasteiger partial charge < -0.3 is 19.1 Å². The summed E-state index contributed by atoms with van der Waals surface area (Å²) in [6, 6.07) is 3.97. The van der Waals surface area contributed by atoms with Gasteiger partial charge in [0, 0.05) is 45.6 Å². The van der Waals surface area contributed by atoms with Gasteiger partial charge in [0.15, 0.2) is 0 Å². The normalized spacial score (nSPS) is 11.0. The van der Waals surface area contributed by atoms with Crippen LogP contribution in [0.15, 0.2) is 18.3 Å². The van der Waals surface area contributed by atoms with Crippen LogP contribution in [-0.2, 0) is 27.9 Å².